The van der Waals surface area contributed by atoms with E-state index in [1.54, 1.807) is 18.3 Å². The van der Waals surface area contributed by atoms with Gasteiger partial charge in [-0.1, -0.05) is 0 Å². The highest BCUT2D eigenvalue weighted by Crippen LogP contribution is 2.36. The third-order valence-corrected chi connectivity index (χ3v) is 5.31. The smallest absolute Gasteiger partial charge is 0.223 e. The van der Waals surface area contributed by atoms with E-state index < -0.39 is 5.82 Å². The molecule has 7 nitrogen and oxygen atoms in total. The SMILES string of the molecule is COc1ccc(F)cc1OC1CC(C(=O)NC2CN(c3cc(C#N)ccn3)C2)C1. The summed E-state index contributed by atoms with van der Waals surface area (Å²) in [5.74, 6) is 1.10. The van der Waals surface area contributed by atoms with Gasteiger partial charge in [0.2, 0.25) is 5.91 Å². The zero-order valence-electron chi connectivity index (χ0n) is 16.0. The van der Waals surface area contributed by atoms with Gasteiger partial charge in [0.1, 0.15) is 17.7 Å². The quantitative estimate of drug-likeness (QED) is 0.806. The molecular weight excluding hydrogens is 375 g/mol. The fraction of sp³-hybridized carbons (Fsp3) is 0.381. The highest BCUT2D eigenvalue weighted by Gasteiger charge is 2.39. The number of rotatable bonds is 6. The van der Waals surface area contributed by atoms with Gasteiger partial charge in [0.15, 0.2) is 11.5 Å². The van der Waals surface area contributed by atoms with Gasteiger partial charge < -0.3 is 19.7 Å². The lowest BCUT2D eigenvalue weighted by atomic mass is 9.81. The zero-order valence-corrected chi connectivity index (χ0v) is 16.0. The van der Waals surface area contributed by atoms with Crippen LogP contribution in [0.25, 0.3) is 0 Å². The highest BCUT2D eigenvalue weighted by atomic mass is 19.1. The van der Waals surface area contributed by atoms with E-state index in [2.05, 4.69) is 16.4 Å². The number of methoxy groups -OCH3 is 1. The maximum absolute atomic E-state index is 13.4. The Hall–Kier alpha value is -3.34. The van der Waals surface area contributed by atoms with Crippen LogP contribution in [0.2, 0.25) is 0 Å². The number of carbonyl (C=O) groups excluding carboxylic acids is 1. The number of nitrogens with one attached hydrogen (secondary N) is 1. The zero-order chi connectivity index (χ0) is 20.4. The minimum absolute atomic E-state index is 0.0134. The maximum atomic E-state index is 13.4. The van der Waals surface area contributed by atoms with E-state index in [4.69, 9.17) is 14.7 Å². The lowest BCUT2D eigenvalue weighted by Crippen LogP contribution is -2.61. The monoisotopic (exact) mass is 396 g/mol. The van der Waals surface area contributed by atoms with Gasteiger partial charge >= 0.3 is 0 Å². The first-order valence-electron chi connectivity index (χ1n) is 9.47. The Balaban J connectivity index is 1.22. The van der Waals surface area contributed by atoms with Crippen LogP contribution in [-0.2, 0) is 4.79 Å². The van der Waals surface area contributed by atoms with E-state index >= 15 is 0 Å². The van der Waals surface area contributed by atoms with Crippen LogP contribution in [0.5, 0.6) is 11.5 Å². The van der Waals surface area contributed by atoms with Crippen LogP contribution in [0.15, 0.2) is 36.5 Å². The molecule has 0 radical (unpaired) electrons. The Bertz CT molecular complexity index is 949. The molecule has 150 valence electrons. The standard InChI is InChI=1S/C21H21FN4O3/c1-28-18-3-2-15(22)9-19(18)29-17-7-14(8-17)21(27)25-16-11-26(12-16)20-6-13(10-23)4-5-24-20/h2-6,9,14,16-17H,7-8,11-12H2,1H3,(H,25,27). The number of nitriles is 1. The van der Waals surface area contributed by atoms with Crippen molar-refractivity contribution >= 4 is 11.7 Å². The maximum Gasteiger partial charge on any atom is 0.223 e. The third kappa shape index (κ3) is 4.09. The molecule has 29 heavy (non-hydrogen) atoms. The number of pyridine rings is 1. The second-order valence-electron chi connectivity index (χ2n) is 7.33. The predicted molar refractivity (Wildman–Crippen MR) is 103 cm³/mol. The first kappa shape index (κ1) is 19.0. The summed E-state index contributed by atoms with van der Waals surface area (Å²) in [6.45, 7) is 1.33. The van der Waals surface area contributed by atoms with Crippen LogP contribution in [0.3, 0.4) is 0 Å². The van der Waals surface area contributed by atoms with Gasteiger partial charge in [-0.2, -0.15) is 5.26 Å². The second-order valence-corrected chi connectivity index (χ2v) is 7.33. The second kappa shape index (κ2) is 7.95. The summed E-state index contributed by atoms with van der Waals surface area (Å²) in [6.07, 6.45) is 2.67. The van der Waals surface area contributed by atoms with Crippen LogP contribution in [0.1, 0.15) is 18.4 Å². The van der Waals surface area contributed by atoms with Gasteiger partial charge in [-0.05, 0) is 37.1 Å². The van der Waals surface area contributed by atoms with Crippen molar-refractivity contribution in [1.82, 2.24) is 10.3 Å². The molecule has 0 unspecified atom stereocenters. The van der Waals surface area contributed by atoms with E-state index in [-0.39, 0.29) is 24.0 Å². The van der Waals surface area contributed by atoms with Crippen molar-refractivity contribution < 1.29 is 18.7 Å². The fourth-order valence-corrected chi connectivity index (χ4v) is 3.53. The van der Waals surface area contributed by atoms with Gasteiger partial charge in [-0.15, -0.1) is 0 Å². The molecule has 1 amide bonds. The highest BCUT2D eigenvalue weighted by molar-refractivity contribution is 5.80. The number of ether oxygens (including phenoxy) is 2. The van der Waals surface area contributed by atoms with Gasteiger partial charge in [-0.3, -0.25) is 4.79 Å². The summed E-state index contributed by atoms with van der Waals surface area (Å²) in [6, 6.07) is 9.71. The molecule has 1 aromatic carbocycles. The Morgan fingerprint density at radius 3 is 2.79 bits per heavy atom. The van der Waals surface area contributed by atoms with Crippen LogP contribution >= 0.6 is 0 Å². The molecule has 0 bridgehead atoms. The van der Waals surface area contributed by atoms with E-state index in [0.717, 1.165) is 5.82 Å². The van der Waals surface area contributed by atoms with Gasteiger partial charge in [0.25, 0.3) is 0 Å². The van der Waals surface area contributed by atoms with Crippen molar-refractivity contribution in [1.29, 1.82) is 5.26 Å². The largest absolute Gasteiger partial charge is 0.493 e. The molecule has 2 fully saturated rings. The molecule has 1 N–H and O–H groups in total. The minimum Gasteiger partial charge on any atom is -0.493 e. The predicted octanol–water partition coefficient (Wildman–Crippen LogP) is 2.26. The normalized spacial score (nSPS) is 20.8. The first-order valence-corrected chi connectivity index (χ1v) is 9.47. The molecule has 0 spiro atoms. The third-order valence-electron chi connectivity index (χ3n) is 5.31. The fourth-order valence-electron chi connectivity index (χ4n) is 3.53. The molecule has 2 heterocycles. The van der Waals surface area contributed by atoms with Crippen molar-refractivity contribution in [2.24, 2.45) is 5.92 Å². The number of benzene rings is 1. The van der Waals surface area contributed by atoms with Gasteiger partial charge in [0.05, 0.1) is 24.8 Å². The van der Waals surface area contributed by atoms with E-state index in [9.17, 15) is 9.18 Å². The number of aromatic nitrogens is 1. The molecular formula is C21H21FN4O3. The molecule has 1 aliphatic heterocycles. The summed E-state index contributed by atoms with van der Waals surface area (Å²) < 4.78 is 24.4. The van der Waals surface area contributed by atoms with E-state index in [1.165, 1.54) is 25.3 Å². The topological polar surface area (TPSA) is 87.5 Å². The summed E-state index contributed by atoms with van der Waals surface area (Å²) in [7, 11) is 1.51. The molecule has 1 saturated heterocycles. The average molecular weight is 396 g/mol. The van der Waals surface area contributed by atoms with Crippen molar-refractivity contribution in [3.8, 4) is 17.6 Å². The Morgan fingerprint density at radius 1 is 1.28 bits per heavy atom. The van der Waals surface area contributed by atoms with Crippen LogP contribution in [0.4, 0.5) is 10.2 Å². The van der Waals surface area contributed by atoms with Crippen LogP contribution in [-0.4, -0.2) is 43.2 Å². The summed E-state index contributed by atoms with van der Waals surface area (Å²) in [4.78, 5) is 18.7. The van der Waals surface area contributed by atoms with Crippen molar-refractivity contribution in [3.63, 3.8) is 0 Å². The summed E-state index contributed by atoms with van der Waals surface area (Å²) >= 11 is 0. The molecule has 1 aromatic heterocycles. The summed E-state index contributed by atoms with van der Waals surface area (Å²) in [5, 5.41) is 12.0. The first-order chi connectivity index (χ1) is 14.1. The van der Waals surface area contributed by atoms with Crippen LogP contribution in [0, 0.1) is 23.1 Å². The van der Waals surface area contributed by atoms with E-state index in [1.807, 2.05) is 4.90 Å². The lowest BCUT2D eigenvalue weighted by Gasteiger charge is -2.42. The number of amides is 1. The Kier molecular flexibility index (Phi) is 5.21. The molecule has 8 heteroatoms. The lowest BCUT2D eigenvalue weighted by molar-refractivity contribution is -0.131. The van der Waals surface area contributed by atoms with Crippen LogP contribution < -0.4 is 19.7 Å². The number of anilines is 1. The van der Waals surface area contributed by atoms with E-state index in [0.29, 0.717) is 43.0 Å². The van der Waals surface area contributed by atoms with Crippen molar-refractivity contribution in [2.75, 3.05) is 25.1 Å². The number of hydrogen-bond donors (Lipinski definition) is 1. The van der Waals surface area contributed by atoms with Gasteiger partial charge in [0, 0.05) is 31.3 Å². The minimum atomic E-state index is -0.390. The Labute approximate surface area is 168 Å². The Morgan fingerprint density at radius 2 is 2.07 bits per heavy atom. The molecule has 0 atom stereocenters. The molecule has 2 aromatic rings. The van der Waals surface area contributed by atoms with Crippen molar-refractivity contribution in [2.45, 2.75) is 25.0 Å². The molecule has 1 saturated carbocycles. The number of hydrogen-bond acceptors (Lipinski definition) is 6. The molecule has 1 aliphatic carbocycles. The van der Waals surface area contributed by atoms with Crippen molar-refractivity contribution in [3.05, 3.63) is 47.9 Å². The number of halogens is 1. The number of nitrogens with zero attached hydrogens (tertiary/aromatic N) is 3. The number of carbonyl (C=O) groups is 1. The molecule has 4 rings (SSSR count). The summed E-state index contributed by atoms with van der Waals surface area (Å²) in [5.41, 5.74) is 0.568. The molecule has 2 aliphatic rings. The average Bonchev–Trinajstić information content (AvgIpc) is 2.66. The van der Waals surface area contributed by atoms with Gasteiger partial charge in [-0.25, -0.2) is 9.37 Å².